The molecule has 0 radical (unpaired) electrons. The van der Waals surface area contributed by atoms with E-state index in [0.717, 1.165) is 68.6 Å². The zero-order valence-electron chi connectivity index (χ0n) is 19.0. The van der Waals surface area contributed by atoms with Crippen molar-refractivity contribution in [3.8, 4) is 0 Å². The predicted molar refractivity (Wildman–Crippen MR) is 124 cm³/mol. The van der Waals surface area contributed by atoms with Crippen molar-refractivity contribution in [3.05, 3.63) is 23.8 Å². The summed E-state index contributed by atoms with van der Waals surface area (Å²) in [5, 5.41) is 6.41. The molecule has 4 saturated carbocycles. The van der Waals surface area contributed by atoms with Gasteiger partial charge in [0.05, 0.1) is 5.56 Å². The summed E-state index contributed by atoms with van der Waals surface area (Å²) in [6, 6.07) is 5.57. The first-order valence-electron chi connectivity index (χ1n) is 12.1. The van der Waals surface area contributed by atoms with Gasteiger partial charge in [0.2, 0.25) is 0 Å². The minimum absolute atomic E-state index is 0.0190. The minimum Gasteiger partial charge on any atom is -0.377 e. The van der Waals surface area contributed by atoms with Gasteiger partial charge in [0, 0.05) is 44.1 Å². The molecule has 1 heterocycles. The molecule has 0 unspecified atom stereocenters. The van der Waals surface area contributed by atoms with Crippen LogP contribution in [-0.2, 0) is 0 Å². The summed E-state index contributed by atoms with van der Waals surface area (Å²) in [5.74, 6) is 2.44. The molecule has 168 valence electrons. The van der Waals surface area contributed by atoms with Gasteiger partial charge in [0.25, 0.3) is 5.91 Å². The molecule has 6 rings (SSSR count). The zero-order chi connectivity index (χ0) is 21.6. The number of carbonyl (C=O) groups is 2. The van der Waals surface area contributed by atoms with E-state index < -0.39 is 0 Å². The lowest BCUT2D eigenvalue weighted by Crippen LogP contribution is -2.60. The van der Waals surface area contributed by atoms with Gasteiger partial charge in [-0.2, -0.15) is 0 Å². The van der Waals surface area contributed by atoms with Crippen molar-refractivity contribution in [2.45, 2.75) is 63.3 Å². The van der Waals surface area contributed by atoms with Crippen LogP contribution >= 0.6 is 0 Å². The van der Waals surface area contributed by atoms with Crippen molar-refractivity contribution in [1.29, 1.82) is 0 Å². The SMILES string of the molecule is CN(C)c1ccc(NC(=O)NC23CC4CC(CC(C4)C2)C3)cc1C(=O)N1CCCCC1. The standard InChI is InChI=1S/C25H36N4O2/c1-28(2)22-7-6-20(13-21(22)23(30)29-8-4-3-5-9-29)26-24(31)27-25-14-17-10-18(15-25)12-19(11-17)16-25/h6-7,13,17-19H,3-5,8-12,14-16H2,1-2H3,(H2,26,27,31). The van der Waals surface area contributed by atoms with Crippen LogP contribution in [0.15, 0.2) is 18.2 Å². The smallest absolute Gasteiger partial charge is 0.319 e. The summed E-state index contributed by atoms with van der Waals surface area (Å²) in [5.41, 5.74) is 2.23. The monoisotopic (exact) mass is 424 g/mol. The Labute approximate surface area is 185 Å². The molecule has 4 aliphatic carbocycles. The summed E-state index contributed by atoms with van der Waals surface area (Å²) in [6.45, 7) is 1.63. The fourth-order valence-electron chi connectivity index (χ4n) is 7.11. The summed E-state index contributed by atoms with van der Waals surface area (Å²) in [4.78, 5) is 30.1. The van der Waals surface area contributed by atoms with E-state index in [2.05, 4.69) is 10.6 Å². The molecule has 3 amide bonds. The molecule has 1 saturated heterocycles. The minimum atomic E-state index is -0.129. The number of benzene rings is 1. The number of urea groups is 1. The molecule has 2 N–H and O–H groups in total. The van der Waals surface area contributed by atoms with E-state index in [1.165, 1.54) is 25.7 Å². The van der Waals surface area contributed by atoms with E-state index in [0.29, 0.717) is 11.3 Å². The third-order valence-corrected chi connectivity index (χ3v) is 8.03. The zero-order valence-corrected chi connectivity index (χ0v) is 19.0. The first-order chi connectivity index (χ1) is 14.9. The van der Waals surface area contributed by atoms with Crippen LogP contribution in [0, 0.1) is 17.8 Å². The van der Waals surface area contributed by atoms with Gasteiger partial charge in [-0.25, -0.2) is 4.79 Å². The van der Waals surface area contributed by atoms with Gasteiger partial charge in [-0.15, -0.1) is 0 Å². The largest absolute Gasteiger partial charge is 0.377 e. The van der Waals surface area contributed by atoms with Gasteiger partial charge in [-0.1, -0.05) is 0 Å². The average molecular weight is 425 g/mol. The van der Waals surface area contributed by atoms with Crippen molar-refractivity contribution in [2.75, 3.05) is 37.4 Å². The van der Waals surface area contributed by atoms with Crippen molar-refractivity contribution in [1.82, 2.24) is 10.2 Å². The van der Waals surface area contributed by atoms with Gasteiger partial charge < -0.3 is 20.4 Å². The van der Waals surface area contributed by atoms with E-state index >= 15 is 0 Å². The number of nitrogens with one attached hydrogen (secondary N) is 2. The lowest BCUT2D eigenvalue weighted by molar-refractivity contribution is -0.0127. The van der Waals surface area contributed by atoms with Crippen LogP contribution in [0.5, 0.6) is 0 Å². The number of likely N-dealkylation sites (tertiary alicyclic amines) is 1. The lowest BCUT2D eigenvalue weighted by Gasteiger charge is -2.56. The first kappa shape index (κ1) is 20.7. The van der Waals surface area contributed by atoms with Gasteiger partial charge >= 0.3 is 6.03 Å². The Morgan fingerprint density at radius 1 is 0.968 bits per heavy atom. The molecule has 0 aromatic heterocycles. The van der Waals surface area contributed by atoms with Crippen molar-refractivity contribution in [3.63, 3.8) is 0 Å². The topological polar surface area (TPSA) is 64.7 Å². The molecule has 31 heavy (non-hydrogen) atoms. The Morgan fingerprint density at radius 2 is 1.58 bits per heavy atom. The van der Waals surface area contributed by atoms with Crippen LogP contribution < -0.4 is 15.5 Å². The van der Waals surface area contributed by atoms with Crippen molar-refractivity contribution >= 4 is 23.3 Å². The first-order valence-corrected chi connectivity index (χ1v) is 12.1. The maximum atomic E-state index is 13.2. The molecular formula is C25H36N4O2. The Bertz CT molecular complexity index is 824. The van der Waals surface area contributed by atoms with Crippen molar-refractivity contribution in [2.24, 2.45) is 17.8 Å². The molecular weight excluding hydrogens is 388 g/mol. The summed E-state index contributed by atoms with van der Waals surface area (Å²) in [6.07, 6.45) is 10.8. The number of hydrogen-bond acceptors (Lipinski definition) is 3. The summed E-state index contributed by atoms with van der Waals surface area (Å²) in [7, 11) is 3.91. The molecule has 0 atom stereocenters. The molecule has 4 bridgehead atoms. The van der Waals surface area contributed by atoms with Crippen LogP contribution in [0.2, 0.25) is 0 Å². The molecule has 5 aliphatic rings. The Morgan fingerprint density at radius 3 is 2.16 bits per heavy atom. The Kier molecular flexibility index (Phi) is 5.35. The van der Waals surface area contributed by atoms with Crippen LogP contribution in [0.25, 0.3) is 0 Å². The fourth-order valence-corrected chi connectivity index (χ4v) is 7.11. The third kappa shape index (κ3) is 4.13. The molecule has 6 nitrogen and oxygen atoms in total. The normalized spacial score (nSPS) is 31.4. The number of anilines is 2. The molecule has 5 fully saturated rings. The van der Waals surface area contributed by atoms with Gasteiger partial charge in [-0.05, 0) is 93.7 Å². The van der Waals surface area contributed by atoms with E-state index in [1.54, 1.807) is 0 Å². The fraction of sp³-hybridized carbons (Fsp3) is 0.680. The molecule has 1 aliphatic heterocycles. The second kappa shape index (κ2) is 8.03. The number of hydrogen-bond donors (Lipinski definition) is 2. The maximum absolute atomic E-state index is 13.2. The second-order valence-electron chi connectivity index (χ2n) is 10.8. The molecule has 1 aromatic carbocycles. The second-order valence-corrected chi connectivity index (χ2v) is 10.8. The summed E-state index contributed by atoms with van der Waals surface area (Å²) < 4.78 is 0. The van der Waals surface area contributed by atoms with Gasteiger partial charge in [-0.3, -0.25) is 4.79 Å². The number of nitrogens with zero attached hydrogens (tertiary/aromatic N) is 2. The molecule has 0 spiro atoms. The maximum Gasteiger partial charge on any atom is 0.319 e. The highest BCUT2D eigenvalue weighted by atomic mass is 16.2. The number of amides is 3. The average Bonchev–Trinajstić information content (AvgIpc) is 2.72. The van der Waals surface area contributed by atoms with Crippen LogP contribution in [0.3, 0.4) is 0 Å². The van der Waals surface area contributed by atoms with E-state index in [9.17, 15) is 9.59 Å². The van der Waals surface area contributed by atoms with Crippen molar-refractivity contribution < 1.29 is 9.59 Å². The third-order valence-electron chi connectivity index (χ3n) is 8.03. The van der Waals surface area contributed by atoms with E-state index in [4.69, 9.17) is 0 Å². The Hall–Kier alpha value is -2.24. The molecule has 6 heteroatoms. The van der Waals surface area contributed by atoms with Crippen LogP contribution in [0.4, 0.5) is 16.2 Å². The van der Waals surface area contributed by atoms with E-state index in [-0.39, 0.29) is 17.5 Å². The highest BCUT2D eigenvalue weighted by molar-refractivity contribution is 6.02. The number of rotatable bonds is 4. The number of carbonyl (C=O) groups excluding carboxylic acids is 2. The van der Waals surface area contributed by atoms with Crippen LogP contribution in [-0.4, -0.2) is 49.6 Å². The Balaban J connectivity index is 1.31. The predicted octanol–water partition coefficient (Wildman–Crippen LogP) is 4.47. The van der Waals surface area contributed by atoms with E-state index in [1.807, 2.05) is 42.1 Å². The highest BCUT2D eigenvalue weighted by Crippen LogP contribution is 2.55. The molecule has 1 aromatic rings. The lowest BCUT2D eigenvalue weighted by atomic mass is 9.53. The quantitative estimate of drug-likeness (QED) is 0.750. The van der Waals surface area contributed by atoms with Crippen LogP contribution in [0.1, 0.15) is 68.1 Å². The van der Waals surface area contributed by atoms with Gasteiger partial charge in [0.15, 0.2) is 0 Å². The van der Waals surface area contributed by atoms with Gasteiger partial charge in [0.1, 0.15) is 0 Å². The number of piperidine rings is 1. The summed E-state index contributed by atoms with van der Waals surface area (Å²) >= 11 is 0. The highest BCUT2D eigenvalue weighted by Gasteiger charge is 2.51.